The maximum Gasteiger partial charge on any atom is 0.264 e. The number of aryl methyl sites for hydroxylation is 4. The summed E-state index contributed by atoms with van der Waals surface area (Å²) in [6, 6.07) is 4.22. The second-order valence-corrected chi connectivity index (χ2v) is 7.66. The first-order chi connectivity index (χ1) is 12.2. The highest BCUT2D eigenvalue weighted by Gasteiger charge is 2.29. The Morgan fingerprint density at radius 2 is 1.96 bits per heavy atom. The van der Waals surface area contributed by atoms with E-state index in [2.05, 4.69) is 19.8 Å². The van der Waals surface area contributed by atoms with Gasteiger partial charge in [0.05, 0.1) is 11.3 Å². The lowest BCUT2D eigenvalue weighted by atomic mass is 10.2. The van der Waals surface area contributed by atoms with Crippen LogP contribution >= 0.6 is 0 Å². The molecule has 2 heterocycles. The molecule has 1 aromatic carbocycles. The van der Waals surface area contributed by atoms with E-state index in [1.54, 1.807) is 26.8 Å². The van der Waals surface area contributed by atoms with Gasteiger partial charge in [0.15, 0.2) is 5.82 Å². The lowest BCUT2D eigenvalue weighted by molar-refractivity contribution is 0.422. The molecule has 0 aliphatic rings. The number of hydrogen-bond donors (Lipinski definition) is 2. The number of anilines is 1. The molecule has 0 aliphatic heterocycles. The van der Waals surface area contributed by atoms with Crippen molar-refractivity contribution in [2.75, 3.05) is 4.72 Å². The van der Waals surface area contributed by atoms with Crippen LogP contribution in [-0.4, -0.2) is 23.5 Å². The molecule has 7 nitrogen and oxygen atoms in total. The summed E-state index contributed by atoms with van der Waals surface area (Å²) < 4.78 is 47.5. The third-order valence-electron chi connectivity index (χ3n) is 3.95. The zero-order valence-corrected chi connectivity index (χ0v) is 15.7. The number of halogens is 1. The lowest BCUT2D eigenvalue weighted by Crippen LogP contribution is -2.15. The van der Waals surface area contributed by atoms with Crippen molar-refractivity contribution in [1.29, 1.82) is 0 Å². The molecular formula is C17H19FN4O3S. The minimum atomic E-state index is -4.09. The summed E-state index contributed by atoms with van der Waals surface area (Å²) in [5.74, 6) is -0.0789. The van der Waals surface area contributed by atoms with E-state index in [-0.39, 0.29) is 22.0 Å². The van der Waals surface area contributed by atoms with Crippen LogP contribution in [0.5, 0.6) is 0 Å². The van der Waals surface area contributed by atoms with Gasteiger partial charge in [-0.15, -0.1) is 0 Å². The van der Waals surface area contributed by atoms with Gasteiger partial charge < -0.3 is 9.51 Å². The molecule has 0 fully saturated rings. The summed E-state index contributed by atoms with van der Waals surface area (Å²) >= 11 is 0. The summed E-state index contributed by atoms with van der Waals surface area (Å²) in [5, 5.41) is 3.82. The molecule has 138 valence electrons. The van der Waals surface area contributed by atoms with Gasteiger partial charge in [-0.3, -0.25) is 4.72 Å². The van der Waals surface area contributed by atoms with Gasteiger partial charge in [0.1, 0.15) is 10.7 Å². The third-order valence-corrected chi connectivity index (χ3v) is 5.49. The zero-order chi connectivity index (χ0) is 19.1. The topological polar surface area (TPSA) is 101 Å². The fraction of sp³-hybridized carbons (Fsp3) is 0.294. The molecule has 2 aromatic heterocycles. The number of aromatic amines is 1. The monoisotopic (exact) mass is 378 g/mol. The van der Waals surface area contributed by atoms with Crippen molar-refractivity contribution < 1.29 is 17.3 Å². The number of aromatic nitrogens is 3. The average molecular weight is 378 g/mol. The molecule has 0 radical (unpaired) electrons. The second kappa shape index (κ2) is 6.56. The van der Waals surface area contributed by atoms with Crippen LogP contribution in [0, 0.1) is 26.6 Å². The van der Waals surface area contributed by atoms with Gasteiger partial charge in [0, 0.05) is 17.8 Å². The maximum atomic E-state index is 14.0. The van der Waals surface area contributed by atoms with E-state index in [1.165, 1.54) is 12.1 Å². The Labute approximate surface area is 150 Å². The van der Waals surface area contributed by atoms with Gasteiger partial charge in [0.25, 0.3) is 15.9 Å². The zero-order valence-electron chi connectivity index (χ0n) is 14.8. The van der Waals surface area contributed by atoms with Crippen LogP contribution in [0.4, 0.5) is 10.1 Å². The molecule has 3 aromatic rings. The molecule has 0 atom stereocenters. The summed E-state index contributed by atoms with van der Waals surface area (Å²) in [6.45, 7) is 6.95. The Morgan fingerprint density at radius 3 is 2.62 bits per heavy atom. The van der Waals surface area contributed by atoms with Crippen LogP contribution in [0.2, 0.25) is 0 Å². The van der Waals surface area contributed by atoms with Crippen molar-refractivity contribution in [3.05, 3.63) is 46.8 Å². The van der Waals surface area contributed by atoms with Gasteiger partial charge in [0.2, 0.25) is 0 Å². The minimum absolute atomic E-state index is 0.0396. The van der Waals surface area contributed by atoms with Crippen LogP contribution in [0.3, 0.4) is 0 Å². The van der Waals surface area contributed by atoms with Gasteiger partial charge >= 0.3 is 0 Å². The SMILES string of the molecule is CCc1noc(-c2c(C)[nH]c(C)c2S(=O)(=O)Nc2cc(C)ccc2F)n1. The van der Waals surface area contributed by atoms with Crippen molar-refractivity contribution in [1.82, 2.24) is 15.1 Å². The summed E-state index contributed by atoms with van der Waals surface area (Å²) in [5.41, 5.74) is 1.87. The number of nitrogens with zero attached hydrogens (tertiary/aromatic N) is 2. The van der Waals surface area contributed by atoms with Gasteiger partial charge in [-0.1, -0.05) is 18.1 Å². The van der Waals surface area contributed by atoms with Crippen LogP contribution in [0.15, 0.2) is 27.6 Å². The van der Waals surface area contributed by atoms with E-state index in [9.17, 15) is 12.8 Å². The number of nitrogens with one attached hydrogen (secondary N) is 2. The Bertz CT molecular complexity index is 1070. The van der Waals surface area contributed by atoms with Crippen LogP contribution in [0.25, 0.3) is 11.5 Å². The van der Waals surface area contributed by atoms with E-state index >= 15 is 0 Å². The smallest absolute Gasteiger partial charge is 0.264 e. The van der Waals surface area contributed by atoms with Crippen molar-refractivity contribution in [2.24, 2.45) is 0 Å². The van der Waals surface area contributed by atoms with Crippen molar-refractivity contribution in [2.45, 2.75) is 39.0 Å². The quantitative estimate of drug-likeness (QED) is 0.708. The molecular weight excluding hydrogens is 359 g/mol. The standard InChI is InChI=1S/C17H19FN4O3S/c1-5-14-20-17(25-21-14)15-10(3)19-11(4)16(15)26(23,24)22-13-8-9(2)6-7-12(13)18/h6-8,19,22H,5H2,1-4H3. The van der Waals surface area contributed by atoms with Crippen LogP contribution in [-0.2, 0) is 16.4 Å². The Morgan fingerprint density at radius 1 is 1.23 bits per heavy atom. The van der Waals surface area contributed by atoms with Gasteiger partial charge in [-0.05, 0) is 38.5 Å². The Balaban J connectivity index is 2.12. The first kappa shape index (κ1) is 18.1. The third kappa shape index (κ3) is 3.22. The first-order valence-electron chi connectivity index (χ1n) is 8.04. The first-order valence-corrected chi connectivity index (χ1v) is 9.52. The number of hydrogen-bond acceptors (Lipinski definition) is 5. The minimum Gasteiger partial charge on any atom is -0.361 e. The predicted molar refractivity (Wildman–Crippen MR) is 94.9 cm³/mol. The fourth-order valence-corrected chi connectivity index (χ4v) is 4.28. The van der Waals surface area contributed by atoms with E-state index in [1.807, 2.05) is 6.92 Å². The van der Waals surface area contributed by atoms with E-state index in [4.69, 9.17) is 4.52 Å². The van der Waals surface area contributed by atoms with Crippen LogP contribution < -0.4 is 4.72 Å². The number of sulfonamides is 1. The van der Waals surface area contributed by atoms with Crippen molar-refractivity contribution in [3.63, 3.8) is 0 Å². The van der Waals surface area contributed by atoms with E-state index in [0.29, 0.717) is 23.6 Å². The normalized spacial score (nSPS) is 11.7. The molecule has 0 bridgehead atoms. The molecule has 0 amide bonds. The average Bonchev–Trinajstić information content (AvgIpc) is 3.14. The van der Waals surface area contributed by atoms with Gasteiger partial charge in [-0.25, -0.2) is 12.8 Å². The van der Waals surface area contributed by atoms with Crippen LogP contribution in [0.1, 0.15) is 29.7 Å². The Kier molecular flexibility index (Phi) is 4.57. The highest BCUT2D eigenvalue weighted by Crippen LogP contribution is 2.34. The molecule has 26 heavy (non-hydrogen) atoms. The molecule has 3 rings (SSSR count). The highest BCUT2D eigenvalue weighted by atomic mass is 32.2. The lowest BCUT2D eigenvalue weighted by Gasteiger charge is -2.10. The predicted octanol–water partition coefficient (Wildman–Crippen LogP) is 3.49. The molecule has 2 N–H and O–H groups in total. The molecule has 0 saturated heterocycles. The fourth-order valence-electron chi connectivity index (χ4n) is 2.76. The number of rotatable bonds is 5. The number of H-pyrrole nitrogens is 1. The van der Waals surface area contributed by atoms with Gasteiger partial charge in [-0.2, -0.15) is 4.98 Å². The van der Waals surface area contributed by atoms with E-state index < -0.39 is 15.8 Å². The molecule has 0 unspecified atom stereocenters. The molecule has 0 spiro atoms. The summed E-state index contributed by atoms with van der Waals surface area (Å²) in [6.07, 6.45) is 0.556. The largest absolute Gasteiger partial charge is 0.361 e. The second-order valence-electron chi connectivity index (χ2n) is 6.04. The highest BCUT2D eigenvalue weighted by molar-refractivity contribution is 7.93. The maximum absolute atomic E-state index is 14.0. The van der Waals surface area contributed by atoms with Crippen molar-refractivity contribution in [3.8, 4) is 11.5 Å². The Hall–Kier alpha value is -2.68. The molecule has 0 saturated carbocycles. The summed E-state index contributed by atoms with van der Waals surface area (Å²) in [7, 11) is -4.09. The molecule has 9 heteroatoms. The number of benzene rings is 1. The van der Waals surface area contributed by atoms with E-state index in [0.717, 1.165) is 5.56 Å². The molecule has 0 aliphatic carbocycles. The summed E-state index contributed by atoms with van der Waals surface area (Å²) in [4.78, 5) is 7.16. The van der Waals surface area contributed by atoms with Crippen molar-refractivity contribution >= 4 is 15.7 Å².